The van der Waals surface area contributed by atoms with Crippen molar-refractivity contribution in [3.05, 3.63) is 53.5 Å². The molecule has 6 heteroatoms. The number of hydrogen-bond acceptors (Lipinski definition) is 4. The quantitative estimate of drug-likeness (QED) is 0.645. The van der Waals surface area contributed by atoms with E-state index in [1.165, 1.54) is 0 Å². The maximum absolute atomic E-state index is 5.55. The number of aromatic nitrogens is 5. The summed E-state index contributed by atoms with van der Waals surface area (Å²) in [6.07, 6.45) is 5.17. The van der Waals surface area contributed by atoms with Crippen LogP contribution in [0.4, 0.5) is 0 Å². The first-order valence-electron chi connectivity index (χ1n) is 9.65. The van der Waals surface area contributed by atoms with Crippen LogP contribution in [0.3, 0.4) is 0 Å². The maximum atomic E-state index is 5.55. The van der Waals surface area contributed by atoms with Gasteiger partial charge in [0.1, 0.15) is 0 Å². The standard InChI is InChI=1S/C22H27N5O/c1-8-14(5)27-21(12(2)3)24-20(25-27)17-10-16(17)19-15(6)26-11-13(4)9-18(28-7)22(26)23-19/h8-9,11,16-17H,2,10H2,1,3-7H3/b14-8-. The van der Waals surface area contributed by atoms with E-state index in [1.807, 2.05) is 37.6 Å². The lowest BCUT2D eigenvalue weighted by molar-refractivity contribution is 0.416. The van der Waals surface area contributed by atoms with Gasteiger partial charge in [0.15, 0.2) is 23.0 Å². The van der Waals surface area contributed by atoms with Crippen molar-refractivity contribution < 1.29 is 4.74 Å². The van der Waals surface area contributed by atoms with E-state index in [0.29, 0.717) is 11.8 Å². The van der Waals surface area contributed by atoms with E-state index >= 15 is 0 Å². The van der Waals surface area contributed by atoms with Gasteiger partial charge in [-0.2, -0.15) is 5.10 Å². The number of allylic oxidation sites excluding steroid dienone is 3. The summed E-state index contributed by atoms with van der Waals surface area (Å²) in [5.74, 6) is 3.15. The van der Waals surface area contributed by atoms with Gasteiger partial charge in [-0.05, 0) is 58.2 Å². The van der Waals surface area contributed by atoms with Gasteiger partial charge in [-0.25, -0.2) is 14.6 Å². The summed E-state index contributed by atoms with van der Waals surface area (Å²) >= 11 is 0. The van der Waals surface area contributed by atoms with Gasteiger partial charge >= 0.3 is 0 Å². The van der Waals surface area contributed by atoms with Gasteiger partial charge in [0.25, 0.3) is 0 Å². The van der Waals surface area contributed by atoms with Gasteiger partial charge < -0.3 is 9.14 Å². The van der Waals surface area contributed by atoms with Crippen molar-refractivity contribution in [1.82, 2.24) is 24.1 Å². The lowest BCUT2D eigenvalue weighted by Crippen LogP contribution is -2.01. The molecule has 0 saturated heterocycles. The van der Waals surface area contributed by atoms with Crippen LogP contribution in [0.25, 0.3) is 16.9 Å². The highest BCUT2D eigenvalue weighted by Crippen LogP contribution is 2.54. The number of rotatable bonds is 5. The van der Waals surface area contributed by atoms with Crippen molar-refractivity contribution >= 4 is 16.9 Å². The number of imidazole rings is 1. The van der Waals surface area contributed by atoms with Crippen LogP contribution in [0.5, 0.6) is 5.75 Å². The lowest BCUT2D eigenvalue weighted by Gasteiger charge is -2.04. The fraction of sp³-hybridized carbons (Fsp3) is 0.409. The highest BCUT2D eigenvalue weighted by atomic mass is 16.5. The molecule has 0 aliphatic heterocycles. The molecule has 3 aromatic rings. The van der Waals surface area contributed by atoms with E-state index in [4.69, 9.17) is 19.8 Å². The zero-order valence-corrected chi connectivity index (χ0v) is 17.4. The summed E-state index contributed by atoms with van der Waals surface area (Å²) in [6.45, 7) is 14.3. The first kappa shape index (κ1) is 18.5. The highest BCUT2D eigenvalue weighted by molar-refractivity contribution is 5.60. The van der Waals surface area contributed by atoms with Crippen LogP contribution >= 0.6 is 0 Å². The molecule has 2 unspecified atom stereocenters. The van der Waals surface area contributed by atoms with E-state index in [1.54, 1.807) is 7.11 Å². The van der Waals surface area contributed by atoms with E-state index in [-0.39, 0.29) is 0 Å². The minimum atomic E-state index is 0.291. The van der Waals surface area contributed by atoms with Gasteiger partial charge in [-0.3, -0.25) is 0 Å². The molecule has 0 amide bonds. The first-order valence-corrected chi connectivity index (χ1v) is 9.65. The third kappa shape index (κ3) is 2.84. The van der Waals surface area contributed by atoms with Crippen molar-refractivity contribution in [1.29, 1.82) is 0 Å². The summed E-state index contributed by atoms with van der Waals surface area (Å²) < 4.78 is 9.58. The zero-order chi connectivity index (χ0) is 20.2. The minimum Gasteiger partial charge on any atom is -0.493 e. The van der Waals surface area contributed by atoms with Gasteiger partial charge in [0.05, 0.1) is 12.8 Å². The molecule has 2 atom stereocenters. The third-order valence-electron chi connectivity index (χ3n) is 5.55. The average molecular weight is 377 g/mol. The number of ether oxygens (including phenoxy) is 1. The van der Waals surface area contributed by atoms with E-state index < -0.39 is 0 Å². The van der Waals surface area contributed by atoms with Crippen LogP contribution in [0.2, 0.25) is 0 Å². The Bertz CT molecular complexity index is 1120. The molecule has 3 aromatic heterocycles. The maximum Gasteiger partial charge on any atom is 0.180 e. The van der Waals surface area contributed by atoms with Crippen LogP contribution in [-0.2, 0) is 0 Å². The highest BCUT2D eigenvalue weighted by Gasteiger charge is 2.45. The Balaban J connectivity index is 1.72. The number of fused-ring (bicyclic) bond motifs is 1. The smallest absolute Gasteiger partial charge is 0.180 e. The van der Waals surface area contributed by atoms with Crippen LogP contribution in [0.1, 0.15) is 67.6 Å². The molecule has 28 heavy (non-hydrogen) atoms. The number of nitrogens with zero attached hydrogens (tertiary/aromatic N) is 5. The van der Waals surface area contributed by atoms with Gasteiger partial charge in [-0.1, -0.05) is 12.7 Å². The predicted molar refractivity (Wildman–Crippen MR) is 112 cm³/mol. The van der Waals surface area contributed by atoms with Gasteiger partial charge in [-0.15, -0.1) is 0 Å². The molecule has 0 bridgehead atoms. The van der Waals surface area contributed by atoms with Crippen LogP contribution in [0, 0.1) is 13.8 Å². The van der Waals surface area contributed by atoms with Crippen molar-refractivity contribution in [2.24, 2.45) is 0 Å². The minimum absolute atomic E-state index is 0.291. The fourth-order valence-electron chi connectivity index (χ4n) is 3.79. The second-order valence-electron chi connectivity index (χ2n) is 7.73. The number of aryl methyl sites for hydroxylation is 2. The summed E-state index contributed by atoms with van der Waals surface area (Å²) in [5, 5.41) is 4.79. The zero-order valence-electron chi connectivity index (χ0n) is 17.4. The molecule has 0 N–H and O–H groups in total. The Hall–Kier alpha value is -2.89. The van der Waals surface area contributed by atoms with Crippen LogP contribution in [-0.4, -0.2) is 31.3 Å². The van der Waals surface area contributed by atoms with E-state index in [2.05, 4.69) is 31.0 Å². The molecule has 0 radical (unpaired) electrons. The van der Waals surface area contributed by atoms with Crippen molar-refractivity contribution in [3.8, 4) is 5.75 Å². The topological polar surface area (TPSA) is 57.2 Å². The SMILES string of the molecule is C=C(C)c1nc(C2CC2c2nc3c(OC)cc(C)cn3c2C)nn1/C(C)=C\C. The largest absolute Gasteiger partial charge is 0.493 e. The summed E-state index contributed by atoms with van der Waals surface area (Å²) in [5.41, 5.74) is 6.27. The molecule has 4 rings (SSSR count). The Morgan fingerprint density at radius 2 is 2.00 bits per heavy atom. The number of methoxy groups -OCH3 is 1. The van der Waals surface area contributed by atoms with E-state index in [0.717, 1.165) is 57.7 Å². The van der Waals surface area contributed by atoms with Crippen molar-refractivity contribution in [2.45, 2.75) is 52.9 Å². The molecule has 1 aliphatic rings. The molecule has 0 spiro atoms. The molecular formula is C22H27N5O. The van der Waals surface area contributed by atoms with Gasteiger partial charge in [0, 0.05) is 29.4 Å². The molecule has 1 fully saturated rings. The molecule has 0 aromatic carbocycles. The Labute approximate surface area is 165 Å². The normalized spacial score (nSPS) is 19.3. The van der Waals surface area contributed by atoms with Crippen LogP contribution < -0.4 is 4.74 Å². The monoisotopic (exact) mass is 377 g/mol. The second kappa shape index (κ2) is 6.62. The molecule has 146 valence electrons. The third-order valence-corrected chi connectivity index (χ3v) is 5.55. The second-order valence-corrected chi connectivity index (χ2v) is 7.73. The Morgan fingerprint density at radius 3 is 2.64 bits per heavy atom. The predicted octanol–water partition coefficient (Wildman–Crippen LogP) is 4.74. The van der Waals surface area contributed by atoms with E-state index in [9.17, 15) is 0 Å². The van der Waals surface area contributed by atoms with Gasteiger partial charge in [0.2, 0.25) is 0 Å². The lowest BCUT2D eigenvalue weighted by atomic mass is 10.2. The molecule has 1 saturated carbocycles. The van der Waals surface area contributed by atoms with Crippen molar-refractivity contribution in [2.75, 3.05) is 7.11 Å². The fourth-order valence-corrected chi connectivity index (χ4v) is 3.79. The summed E-state index contributed by atoms with van der Waals surface area (Å²) in [6, 6.07) is 2.03. The summed E-state index contributed by atoms with van der Waals surface area (Å²) in [4.78, 5) is 9.72. The van der Waals surface area contributed by atoms with Crippen LogP contribution in [0.15, 0.2) is 24.9 Å². The number of hydrogen-bond donors (Lipinski definition) is 0. The molecule has 6 nitrogen and oxygen atoms in total. The molecule has 3 heterocycles. The number of pyridine rings is 1. The van der Waals surface area contributed by atoms with Crippen molar-refractivity contribution in [3.63, 3.8) is 0 Å². The average Bonchev–Trinajstić information content (AvgIpc) is 3.21. The Morgan fingerprint density at radius 1 is 1.25 bits per heavy atom. The Kier molecular flexibility index (Phi) is 4.37. The summed E-state index contributed by atoms with van der Waals surface area (Å²) in [7, 11) is 1.69. The first-order chi connectivity index (χ1) is 13.3. The molecule has 1 aliphatic carbocycles. The molecular weight excluding hydrogens is 350 g/mol.